The van der Waals surface area contributed by atoms with Crippen LogP contribution in [0.15, 0.2) is 30.3 Å². The third-order valence-corrected chi connectivity index (χ3v) is 4.89. The molecule has 128 valence electrons. The molecular weight excluding hydrogens is 278 g/mol. The van der Waals surface area contributed by atoms with E-state index in [0.29, 0.717) is 0 Å². The molecule has 0 saturated heterocycles. The molecule has 2 aromatic rings. The van der Waals surface area contributed by atoms with Gasteiger partial charge in [0.2, 0.25) is 0 Å². The van der Waals surface area contributed by atoms with Crippen molar-refractivity contribution in [2.24, 2.45) is 0 Å². The summed E-state index contributed by atoms with van der Waals surface area (Å²) in [6, 6.07) is 10.9. The summed E-state index contributed by atoms with van der Waals surface area (Å²) in [5.41, 5.74) is 2.68. The van der Waals surface area contributed by atoms with Gasteiger partial charge in [0.05, 0.1) is 0 Å². The van der Waals surface area contributed by atoms with Crippen molar-refractivity contribution in [2.75, 3.05) is 0 Å². The molecule has 0 amide bonds. The molecule has 0 bridgehead atoms. The van der Waals surface area contributed by atoms with E-state index in [2.05, 4.69) is 42.2 Å². The highest BCUT2D eigenvalue weighted by molar-refractivity contribution is 5.80. The second-order valence-corrected chi connectivity index (χ2v) is 7.02. The average Bonchev–Trinajstić information content (AvgIpc) is 2.98. The van der Waals surface area contributed by atoms with E-state index in [1.165, 1.54) is 100 Å². The first-order chi connectivity index (χ1) is 11.4. The Hall–Kier alpha value is -1.24. The van der Waals surface area contributed by atoms with E-state index in [9.17, 15) is 0 Å². The Morgan fingerprint density at radius 3 is 1.87 bits per heavy atom. The molecule has 1 N–H and O–H groups in total. The summed E-state index contributed by atoms with van der Waals surface area (Å²) >= 11 is 0. The number of para-hydroxylation sites is 1. The second kappa shape index (κ2) is 11.3. The van der Waals surface area contributed by atoms with Crippen molar-refractivity contribution < 1.29 is 0 Å². The first-order valence-corrected chi connectivity index (χ1v) is 9.97. The van der Waals surface area contributed by atoms with Gasteiger partial charge in [-0.3, -0.25) is 0 Å². The normalized spacial score (nSPS) is 11.3. The maximum absolute atomic E-state index is 3.54. The Labute approximate surface area is 142 Å². The predicted octanol–water partition coefficient (Wildman–Crippen LogP) is 7.41. The van der Waals surface area contributed by atoms with Crippen LogP contribution in [0.25, 0.3) is 10.9 Å². The fraction of sp³-hybridized carbons (Fsp3) is 0.636. The van der Waals surface area contributed by atoms with Gasteiger partial charge in [-0.2, -0.15) is 0 Å². The molecule has 0 fully saturated rings. The van der Waals surface area contributed by atoms with Crippen LogP contribution < -0.4 is 0 Å². The first kappa shape index (κ1) is 18.1. The molecule has 1 heterocycles. The molecule has 0 spiro atoms. The smallest absolute Gasteiger partial charge is 0.0456 e. The van der Waals surface area contributed by atoms with Crippen molar-refractivity contribution in [3.8, 4) is 0 Å². The Balaban J connectivity index is 1.42. The van der Waals surface area contributed by atoms with E-state index in [4.69, 9.17) is 0 Å². The fourth-order valence-corrected chi connectivity index (χ4v) is 3.42. The Morgan fingerprint density at radius 1 is 0.696 bits per heavy atom. The quantitative estimate of drug-likeness (QED) is 0.370. The van der Waals surface area contributed by atoms with Crippen molar-refractivity contribution in [3.05, 3.63) is 36.0 Å². The number of benzene rings is 1. The van der Waals surface area contributed by atoms with Gasteiger partial charge in [0.15, 0.2) is 0 Å². The molecule has 0 radical (unpaired) electrons. The van der Waals surface area contributed by atoms with Crippen LogP contribution in [0.1, 0.15) is 89.7 Å². The summed E-state index contributed by atoms with van der Waals surface area (Å²) in [6.07, 6.45) is 18.3. The largest absolute Gasteiger partial charge is 0.358 e. The lowest BCUT2D eigenvalue weighted by atomic mass is 10.0. The molecule has 0 atom stereocenters. The van der Waals surface area contributed by atoms with Gasteiger partial charge in [-0.1, -0.05) is 95.8 Å². The first-order valence-electron chi connectivity index (χ1n) is 9.97. The van der Waals surface area contributed by atoms with Gasteiger partial charge in [0.25, 0.3) is 0 Å². The van der Waals surface area contributed by atoms with E-state index in [1.54, 1.807) is 0 Å². The highest BCUT2D eigenvalue weighted by Gasteiger charge is 2.00. The lowest BCUT2D eigenvalue weighted by Crippen LogP contribution is -1.86. The second-order valence-electron chi connectivity index (χ2n) is 7.02. The summed E-state index contributed by atoms with van der Waals surface area (Å²) in [5.74, 6) is 0. The molecule has 1 nitrogen and oxygen atoms in total. The Morgan fingerprint density at radius 2 is 1.26 bits per heavy atom. The van der Waals surface area contributed by atoms with Crippen LogP contribution in [-0.2, 0) is 6.42 Å². The van der Waals surface area contributed by atoms with Crippen molar-refractivity contribution >= 4 is 10.9 Å². The number of aromatic nitrogens is 1. The minimum absolute atomic E-state index is 1.20. The molecule has 2 rings (SSSR count). The molecule has 1 aromatic carbocycles. The van der Waals surface area contributed by atoms with Crippen molar-refractivity contribution in [1.82, 2.24) is 4.98 Å². The van der Waals surface area contributed by atoms with Gasteiger partial charge >= 0.3 is 0 Å². The molecular formula is C22H35N. The van der Waals surface area contributed by atoms with Crippen molar-refractivity contribution in [1.29, 1.82) is 0 Å². The van der Waals surface area contributed by atoms with E-state index in [1.807, 2.05) is 0 Å². The summed E-state index contributed by atoms with van der Waals surface area (Å²) in [6.45, 7) is 2.29. The molecule has 0 aliphatic rings. The third kappa shape index (κ3) is 7.24. The zero-order chi connectivity index (χ0) is 16.2. The van der Waals surface area contributed by atoms with E-state index in [-0.39, 0.29) is 0 Å². The lowest BCUT2D eigenvalue weighted by Gasteiger charge is -2.02. The molecule has 1 heteroatoms. The van der Waals surface area contributed by atoms with Gasteiger partial charge in [0.1, 0.15) is 0 Å². The molecule has 23 heavy (non-hydrogen) atoms. The molecule has 0 aliphatic carbocycles. The fourth-order valence-electron chi connectivity index (χ4n) is 3.42. The SMILES string of the molecule is CCCCCCCCCCCCCCc1cc2ccccc2[nH]1. The maximum atomic E-state index is 3.54. The summed E-state index contributed by atoms with van der Waals surface area (Å²) in [7, 11) is 0. The zero-order valence-corrected chi connectivity index (χ0v) is 15.1. The van der Waals surface area contributed by atoms with Gasteiger partial charge in [-0.25, -0.2) is 0 Å². The molecule has 0 saturated carbocycles. The summed E-state index contributed by atoms with van der Waals surface area (Å²) in [5, 5.41) is 1.35. The van der Waals surface area contributed by atoms with E-state index >= 15 is 0 Å². The number of rotatable bonds is 13. The average molecular weight is 314 g/mol. The van der Waals surface area contributed by atoms with E-state index < -0.39 is 0 Å². The van der Waals surface area contributed by atoms with Gasteiger partial charge < -0.3 is 4.98 Å². The van der Waals surface area contributed by atoms with Crippen LogP contribution in [0, 0.1) is 0 Å². The zero-order valence-electron chi connectivity index (χ0n) is 15.1. The topological polar surface area (TPSA) is 15.8 Å². The van der Waals surface area contributed by atoms with Crippen molar-refractivity contribution in [2.45, 2.75) is 90.4 Å². The van der Waals surface area contributed by atoms with Gasteiger partial charge in [-0.05, 0) is 30.4 Å². The van der Waals surface area contributed by atoms with Crippen LogP contribution in [0.5, 0.6) is 0 Å². The summed E-state index contributed by atoms with van der Waals surface area (Å²) in [4.78, 5) is 3.54. The van der Waals surface area contributed by atoms with Crippen molar-refractivity contribution in [3.63, 3.8) is 0 Å². The van der Waals surface area contributed by atoms with Crippen LogP contribution in [-0.4, -0.2) is 4.98 Å². The highest BCUT2D eigenvalue weighted by Crippen LogP contribution is 2.17. The van der Waals surface area contributed by atoms with Gasteiger partial charge in [0, 0.05) is 11.2 Å². The minimum atomic E-state index is 1.20. The molecule has 0 aliphatic heterocycles. The standard InChI is InChI=1S/C22H35N/c1-2-3-4-5-6-7-8-9-10-11-12-13-17-21-19-20-16-14-15-18-22(20)23-21/h14-16,18-19,23H,2-13,17H2,1H3. The van der Waals surface area contributed by atoms with Crippen LogP contribution >= 0.6 is 0 Å². The van der Waals surface area contributed by atoms with Crippen LogP contribution in [0.3, 0.4) is 0 Å². The lowest BCUT2D eigenvalue weighted by molar-refractivity contribution is 0.543. The van der Waals surface area contributed by atoms with E-state index in [0.717, 1.165) is 0 Å². The number of unbranched alkanes of at least 4 members (excludes halogenated alkanes) is 11. The number of hydrogen-bond donors (Lipinski definition) is 1. The monoisotopic (exact) mass is 313 g/mol. The Kier molecular flexibility index (Phi) is 8.91. The maximum Gasteiger partial charge on any atom is 0.0456 e. The third-order valence-electron chi connectivity index (χ3n) is 4.89. The van der Waals surface area contributed by atoms with Crippen LogP contribution in [0.4, 0.5) is 0 Å². The Bertz CT molecular complexity index is 493. The van der Waals surface area contributed by atoms with Gasteiger partial charge in [-0.15, -0.1) is 0 Å². The van der Waals surface area contributed by atoms with Crippen LogP contribution in [0.2, 0.25) is 0 Å². The highest BCUT2D eigenvalue weighted by atomic mass is 14.7. The summed E-state index contributed by atoms with van der Waals surface area (Å²) < 4.78 is 0. The number of H-pyrrole nitrogens is 1. The molecule has 0 unspecified atom stereocenters. The molecule has 1 aromatic heterocycles. The minimum Gasteiger partial charge on any atom is -0.358 e. The number of aromatic amines is 1. The number of hydrogen-bond acceptors (Lipinski definition) is 0. The number of aryl methyl sites for hydroxylation is 1. The number of fused-ring (bicyclic) bond motifs is 1. The number of nitrogens with one attached hydrogen (secondary N) is 1. The predicted molar refractivity (Wildman–Crippen MR) is 103 cm³/mol.